The number of ether oxygens (including phenoxy) is 4. The maximum Gasteiger partial charge on any atom is 0.437 e. The van der Waals surface area contributed by atoms with E-state index in [2.05, 4.69) is 38.2 Å². The van der Waals surface area contributed by atoms with Crippen molar-refractivity contribution in [3.05, 3.63) is 29.8 Å². The van der Waals surface area contributed by atoms with Gasteiger partial charge in [-0.1, -0.05) is 50.5 Å². The number of nitrogens with one attached hydrogen (secondary N) is 1. The van der Waals surface area contributed by atoms with E-state index in [1.54, 1.807) is 0 Å². The Hall–Kier alpha value is -2.16. The van der Waals surface area contributed by atoms with Gasteiger partial charge < -0.3 is 18.9 Å². The molecule has 8 saturated heterocycles. The normalized spacial score (nSPS) is 50.7. The average molecular weight is 725 g/mol. The van der Waals surface area contributed by atoms with Crippen molar-refractivity contribution in [3.63, 3.8) is 0 Å². The lowest BCUT2D eigenvalue weighted by molar-refractivity contribution is -0.571. The van der Waals surface area contributed by atoms with E-state index in [4.69, 9.17) is 43.3 Å². The van der Waals surface area contributed by atoms with E-state index in [0.29, 0.717) is 29.7 Å². The van der Waals surface area contributed by atoms with Crippen LogP contribution in [0.25, 0.3) is 0 Å². The molecule has 0 radical (unpaired) electrons. The van der Waals surface area contributed by atoms with E-state index in [1.165, 1.54) is 0 Å². The first-order valence-electron chi connectivity index (χ1n) is 19.9. The fourth-order valence-electron chi connectivity index (χ4n) is 11.8. The average Bonchev–Trinajstić information content (AvgIpc) is 3.49. The lowest BCUT2D eigenvalue weighted by Crippen LogP contribution is -2.71. The SMILES string of the molecule is Cc1ccc(NC(=O)O/N=C(/C[C@H]2O[C@@H]3O[C@@]4(C)CC[C@H]5[C@H](C)CC[C@@H]([C@H]2C)[C@@]35OO4)[C@H]2O[C@@H]3O[C@@]4(C)CC[C@H]5[C@H](C)CC[C@@H]([C@H]2C)[C@@]35OO4)cc1. The maximum absolute atomic E-state index is 13.2. The number of rotatable bonds is 5. The van der Waals surface area contributed by atoms with Gasteiger partial charge in [-0.05, 0) is 107 Å². The van der Waals surface area contributed by atoms with Gasteiger partial charge in [0.05, 0.1) is 11.8 Å². The second kappa shape index (κ2) is 12.7. The number of fused-ring (bicyclic) bond motifs is 4. The number of carbonyl (C=O) groups excluding carboxylic acids is 1. The van der Waals surface area contributed by atoms with Crippen LogP contribution in [0.2, 0.25) is 0 Å². The van der Waals surface area contributed by atoms with Crippen LogP contribution in [0.4, 0.5) is 10.5 Å². The lowest BCUT2D eigenvalue weighted by atomic mass is 9.56. The van der Waals surface area contributed by atoms with Gasteiger partial charge in [0, 0.05) is 36.8 Å². The molecule has 286 valence electrons. The zero-order valence-electron chi connectivity index (χ0n) is 31.6. The summed E-state index contributed by atoms with van der Waals surface area (Å²) < 4.78 is 27.4. The summed E-state index contributed by atoms with van der Waals surface area (Å²) in [5.41, 5.74) is 0.908. The highest BCUT2D eigenvalue weighted by Crippen LogP contribution is 2.63. The van der Waals surface area contributed by atoms with Crippen molar-refractivity contribution < 1.29 is 48.1 Å². The third-order valence-electron chi connectivity index (χ3n) is 14.7. The van der Waals surface area contributed by atoms with E-state index < -0.39 is 47.6 Å². The molecule has 12 nitrogen and oxygen atoms in total. The quantitative estimate of drug-likeness (QED) is 0.139. The van der Waals surface area contributed by atoms with Crippen LogP contribution in [0.3, 0.4) is 0 Å². The Morgan fingerprint density at radius 2 is 1.31 bits per heavy atom. The minimum absolute atomic E-state index is 0.0469. The molecule has 2 spiro atoms. The van der Waals surface area contributed by atoms with Gasteiger partial charge in [-0.2, -0.15) is 0 Å². The van der Waals surface area contributed by atoms with E-state index in [1.807, 2.05) is 45.0 Å². The molecule has 12 heteroatoms. The monoisotopic (exact) mass is 724 g/mol. The molecule has 4 bridgehead atoms. The molecule has 0 aromatic heterocycles. The summed E-state index contributed by atoms with van der Waals surface area (Å²) in [6.45, 7) is 14.9. The molecule has 1 amide bonds. The van der Waals surface area contributed by atoms with Crippen molar-refractivity contribution in [2.75, 3.05) is 5.32 Å². The van der Waals surface area contributed by atoms with Gasteiger partial charge in [-0.15, -0.1) is 0 Å². The van der Waals surface area contributed by atoms with Crippen LogP contribution in [-0.4, -0.2) is 59.4 Å². The minimum atomic E-state index is -0.914. The molecule has 52 heavy (non-hydrogen) atoms. The molecule has 2 aliphatic carbocycles. The molecule has 11 rings (SSSR count). The van der Waals surface area contributed by atoms with E-state index in [9.17, 15) is 4.79 Å². The van der Waals surface area contributed by atoms with Crippen LogP contribution < -0.4 is 5.32 Å². The summed E-state index contributed by atoms with van der Waals surface area (Å²) in [6, 6.07) is 7.55. The van der Waals surface area contributed by atoms with Gasteiger partial charge in [0.25, 0.3) is 0 Å². The summed E-state index contributed by atoms with van der Waals surface area (Å²) in [6.07, 6.45) is 5.07. The largest absolute Gasteiger partial charge is 0.437 e. The number of anilines is 1. The number of carbonyl (C=O) groups is 1. The molecular formula is C40H56N2O10. The number of oxime groups is 1. The second-order valence-corrected chi connectivity index (χ2v) is 17.9. The van der Waals surface area contributed by atoms with Crippen LogP contribution in [0, 0.1) is 54.3 Å². The van der Waals surface area contributed by atoms with Gasteiger partial charge in [-0.25, -0.2) is 24.3 Å². The number of benzene rings is 1. The molecule has 1 aromatic carbocycles. The third kappa shape index (κ3) is 5.44. The lowest BCUT2D eigenvalue weighted by Gasteiger charge is -2.61. The highest BCUT2D eigenvalue weighted by Gasteiger charge is 2.71. The van der Waals surface area contributed by atoms with Gasteiger partial charge in [0.15, 0.2) is 23.8 Å². The number of amides is 1. The van der Waals surface area contributed by atoms with Gasteiger partial charge >= 0.3 is 6.09 Å². The number of nitrogens with zero attached hydrogens (tertiary/aromatic N) is 1. The number of hydrogen-bond donors (Lipinski definition) is 1. The van der Waals surface area contributed by atoms with Crippen LogP contribution in [-0.2, 0) is 43.3 Å². The van der Waals surface area contributed by atoms with Crippen LogP contribution in [0.1, 0.15) is 105 Å². The molecule has 0 unspecified atom stereocenters. The summed E-state index contributed by atoms with van der Waals surface area (Å²) in [7, 11) is 0. The van der Waals surface area contributed by atoms with Crippen molar-refractivity contribution in [3.8, 4) is 0 Å². The van der Waals surface area contributed by atoms with Crippen LogP contribution >= 0.6 is 0 Å². The van der Waals surface area contributed by atoms with E-state index in [-0.39, 0.29) is 41.6 Å². The summed E-state index contributed by atoms with van der Waals surface area (Å²) in [4.78, 5) is 43.9. The zero-order chi connectivity index (χ0) is 36.2. The van der Waals surface area contributed by atoms with E-state index in [0.717, 1.165) is 56.9 Å². The Kier molecular flexibility index (Phi) is 8.67. The van der Waals surface area contributed by atoms with Gasteiger partial charge in [-0.3, -0.25) is 10.2 Å². The van der Waals surface area contributed by atoms with Crippen molar-refractivity contribution >= 4 is 17.5 Å². The predicted molar refractivity (Wildman–Crippen MR) is 187 cm³/mol. The van der Waals surface area contributed by atoms with Crippen molar-refractivity contribution in [2.24, 2.45) is 52.5 Å². The second-order valence-electron chi connectivity index (χ2n) is 17.9. The highest BCUT2D eigenvalue weighted by atomic mass is 17.3. The summed E-state index contributed by atoms with van der Waals surface area (Å²) in [5.74, 6) is -0.160. The highest BCUT2D eigenvalue weighted by molar-refractivity contribution is 5.91. The summed E-state index contributed by atoms with van der Waals surface area (Å²) >= 11 is 0. The molecule has 2 saturated carbocycles. The smallest absolute Gasteiger partial charge is 0.345 e. The Labute approximate surface area is 306 Å². The fourth-order valence-corrected chi connectivity index (χ4v) is 11.8. The molecule has 1 aromatic rings. The Bertz CT molecular complexity index is 1580. The van der Waals surface area contributed by atoms with Crippen molar-refractivity contribution in [1.82, 2.24) is 0 Å². The first-order valence-corrected chi connectivity index (χ1v) is 19.9. The zero-order valence-corrected chi connectivity index (χ0v) is 31.6. The minimum Gasteiger partial charge on any atom is -0.345 e. The Balaban J connectivity index is 1.05. The Morgan fingerprint density at radius 1 is 0.750 bits per heavy atom. The van der Waals surface area contributed by atoms with Gasteiger partial charge in [0.2, 0.25) is 11.6 Å². The fraction of sp³-hybridized carbons (Fsp3) is 0.800. The molecular weight excluding hydrogens is 668 g/mol. The topological polar surface area (TPSA) is 125 Å². The molecule has 8 heterocycles. The molecule has 10 fully saturated rings. The van der Waals surface area contributed by atoms with Crippen LogP contribution in [0.15, 0.2) is 29.4 Å². The van der Waals surface area contributed by atoms with Crippen molar-refractivity contribution in [2.45, 2.75) is 154 Å². The van der Waals surface area contributed by atoms with E-state index >= 15 is 0 Å². The number of aryl methyl sites for hydroxylation is 1. The predicted octanol–water partition coefficient (Wildman–Crippen LogP) is 7.79. The van der Waals surface area contributed by atoms with Crippen LogP contribution in [0.5, 0.6) is 0 Å². The third-order valence-corrected chi connectivity index (χ3v) is 14.7. The first-order chi connectivity index (χ1) is 24.8. The molecule has 1 N–H and O–H groups in total. The number of hydrogen-bond acceptors (Lipinski definition) is 11. The standard InChI is InChI=1S/C40H56N2O10/c1-21-8-12-26(13-9-21)41-36(43)48-42-31(33-25(5)30-15-11-23(3)28-17-19-38(7)47-35(45-33)40(28,30)52-50-38)20-32-24(4)29-14-10-22(2)27-16-18-37(6)46-34(44-32)39(27,29)51-49-37/h8-9,12-13,22-25,27-30,32-35H,10-11,14-20H2,1-7H3,(H,41,43)/b42-31-/t22-,23-,24-,25-,27+,28+,29+,30+,32-,33+,34-,35-,37-,38-,39-,40-/m1/s1. The molecule has 16 atom stereocenters. The maximum atomic E-state index is 13.2. The van der Waals surface area contributed by atoms with Gasteiger partial charge in [0.1, 0.15) is 6.10 Å². The molecule has 8 aliphatic heterocycles. The Morgan fingerprint density at radius 3 is 1.90 bits per heavy atom. The summed E-state index contributed by atoms with van der Waals surface area (Å²) in [5, 5.41) is 7.47. The first kappa shape index (κ1) is 35.5. The molecule has 10 aliphatic rings. The van der Waals surface area contributed by atoms with Crippen molar-refractivity contribution in [1.29, 1.82) is 0 Å².